The maximum Gasteiger partial charge on any atom is 0.173 e. The van der Waals surface area contributed by atoms with E-state index in [0.29, 0.717) is 20.8 Å². The summed E-state index contributed by atoms with van der Waals surface area (Å²) in [5, 5.41) is 5.08. The van der Waals surface area contributed by atoms with Crippen LogP contribution in [0.1, 0.15) is 46.2 Å². The van der Waals surface area contributed by atoms with E-state index in [9.17, 15) is 0 Å². The molecule has 0 saturated heterocycles. The molecule has 0 aliphatic heterocycles. The lowest BCUT2D eigenvalue weighted by Crippen LogP contribution is -3.00. The summed E-state index contributed by atoms with van der Waals surface area (Å²) in [5.74, 6) is 0. The molecule has 7 heteroatoms. The number of rotatable bonds is 10. The zero-order valence-electron chi connectivity index (χ0n) is 23.4. The summed E-state index contributed by atoms with van der Waals surface area (Å²) >= 11 is 18.7. The van der Waals surface area contributed by atoms with Gasteiger partial charge in [-0.15, -0.1) is 0 Å². The summed E-state index contributed by atoms with van der Waals surface area (Å²) in [6, 6.07) is 19.0. The molecule has 0 fully saturated rings. The van der Waals surface area contributed by atoms with Crippen molar-refractivity contribution < 1.29 is 21.5 Å². The van der Waals surface area contributed by atoms with E-state index in [1.54, 1.807) is 0 Å². The van der Waals surface area contributed by atoms with Crippen LogP contribution in [-0.2, 0) is 13.1 Å². The van der Waals surface area contributed by atoms with Crippen LogP contribution in [0.15, 0.2) is 54.6 Å². The van der Waals surface area contributed by atoms with Crippen LogP contribution in [0, 0.1) is 27.7 Å². The third-order valence-corrected chi connectivity index (χ3v) is 7.46. The number of nitrogens with one attached hydrogen (secondary N) is 1. The molecule has 0 amide bonds. The summed E-state index contributed by atoms with van der Waals surface area (Å²) < 4.78 is 0.956. The van der Waals surface area contributed by atoms with Gasteiger partial charge in [0.05, 0.1) is 36.4 Å². The van der Waals surface area contributed by atoms with Crippen molar-refractivity contribution in [1.82, 2.24) is 4.90 Å². The number of hydrogen-bond acceptors (Lipinski definition) is 1. The maximum atomic E-state index is 6.42. The minimum absolute atomic E-state index is 0. The van der Waals surface area contributed by atoms with E-state index >= 15 is 0 Å². The quantitative estimate of drug-likeness (QED) is 0.180. The second kappa shape index (κ2) is 14.7. The normalized spacial score (nSPS) is 11.2. The van der Waals surface area contributed by atoms with Crippen molar-refractivity contribution in [3.8, 4) is 0 Å². The first-order valence-corrected chi connectivity index (χ1v) is 14.0. The van der Waals surface area contributed by atoms with E-state index in [-0.39, 0.29) is 17.0 Å². The number of anilines is 1. The van der Waals surface area contributed by atoms with E-state index < -0.39 is 0 Å². The number of nitrogens with zero attached hydrogens (tertiary/aromatic N) is 2. The van der Waals surface area contributed by atoms with Gasteiger partial charge in [0.2, 0.25) is 0 Å². The fraction of sp³-hybridized carbons (Fsp3) is 0.387. The highest BCUT2D eigenvalue weighted by Gasteiger charge is 2.18. The molecule has 0 unspecified atom stereocenters. The SMILES string of the molecule is Cc1cc(C)cc(CN(CCCC[N+](C)(C)Cc2cc(C)cc(C)c2)C(=S)Nc2c(Cl)cccc2Cl)c1.[Br-]. The molecule has 38 heavy (non-hydrogen) atoms. The minimum atomic E-state index is 0. The predicted octanol–water partition coefficient (Wildman–Crippen LogP) is 5.49. The van der Waals surface area contributed by atoms with Crippen molar-refractivity contribution in [2.75, 3.05) is 32.5 Å². The largest absolute Gasteiger partial charge is 1.00 e. The molecule has 0 spiro atoms. The molecule has 0 heterocycles. The number of para-hydroxylation sites is 1. The number of quaternary nitrogens is 1. The van der Waals surface area contributed by atoms with Gasteiger partial charge < -0.3 is 31.7 Å². The Balaban J connectivity index is 0.00000507. The Morgan fingerprint density at radius 3 is 1.84 bits per heavy atom. The number of hydrogen-bond donors (Lipinski definition) is 1. The third kappa shape index (κ3) is 10.2. The number of unbranched alkanes of at least 4 members (excludes halogenated alkanes) is 1. The Kier molecular flexibility index (Phi) is 12.6. The topological polar surface area (TPSA) is 15.3 Å². The highest BCUT2D eigenvalue weighted by molar-refractivity contribution is 7.80. The third-order valence-electron chi connectivity index (χ3n) is 6.47. The zero-order chi connectivity index (χ0) is 27.2. The first-order chi connectivity index (χ1) is 17.4. The van der Waals surface area contributed by atoms with Gasteiger partial charge in [-0.05, 0) is 70.5 Å². The van der Waals surface area contributed by atoms with Crippen LogP contribution in [0.4, 0.5) is 5.69 Å². The number of halogens is 3. The molecule has 0 aliphatic rings. The van der Waals surface area contributed by atoms with Crippen LogP contribution < -0.4 is 22.3 Å². The molecule has 0 aliphatic carbocycles. The van der Waals surface area contributed by atoms with Gasteiger partial charge in [0.25, 0.3) is 0 Å². The van der Waals surface area contributed by atoms with Gasteiger partial charge in [0.15, 0.2) is 5.11 Å². The van der Waals surface area contributed by atoms with Gasteiger partial charge in [-0.3, -0.25) is 0 Å². The van der Waals surface area contributed by atoms with Crippen molar-refractivity contribution >= 4 is 46.2 Å². The summed E-state index contributed by atoms with van der Waals surface area (Å²) in [6.45, 7) is 12.3. The summed E-state index contributed by atoms with van der Waals surface area (Å²) in [7, 11) is 4.63. The highest BCUT2D eigenvalue weighted by atomic mass is 79.9. The molecular formula is C31H40BrCl2N3S. The van der Waals surface area contributed by atoms with E-state index in [1.165, 1.54) is 33.4 Å². The summed E-state index contributed by atoms with van der Waals surface area (Å²) in [4.78, 5) is 2.23. The molecule has 0 atom stereocenters. The lowest BCUT2D eigenvalue weighted by molar-refractivity contribution is -0.903. The summed E-state index contributed by atoms with van der Waals surface area (Å²) in [5.41, 5.74) is 8.49. The zero-order valence-corrected chi connectivity index (χ0v) is 27.3. The standard InChI is InChI=1S/C31H39Cl2N3S.BrH/c1-22-14-23(2)17-26(16-22)20-35(31(37)34-30-28(32)10-9-11-29(30)33)12-7-8-13-36(5,6)21-27-18-24(3)15-25(4)19-27;/h9-11,14-19H,7-8,12-13,20-21H2,1-6H3;1H. The number of thiocarbonyl (C=S) groups is 1. The molecule has 3 aromatic carbocycles. The molecule has 3 nitrogen and oxygen atoms in total. The van der Waals surface area contributed by atoms with Crippen LogP contribution in [0.3, 0.4) is 0 Å². The Morgan fingerprint density at radius 2 is 1.32 bits per heavy atom. The molecule has 0 bridgehead atoms. The Bertz CT molecular complexity index is 1190. The van der Waals surface area contributed by atoms with Gasteiger partial charge in [-0.2, -0.15) is 0 Å². The maximum absolute atomic E-state index is 6.42. The van der Waals surface area contributed by atoms with Gasteiger partial charge in [-0.1, -0.05) is 87.9 Å². The van der Waals surface area contributed by atoms with Gasteiger partial charge in [0.1, 0.15) is 6.54 Å². The molecule has 0 radical (unpaired) electrons. The smallest absolute Gasteiger partial charge is 0.173 e. The van der Waals surface area contributed by atoms with E-state index in [1.807, 2.05) is 18.2 Å². The van der Waals surface area contributed by atoms with Crippen molar-refractivity contribution in [2.24, 2.45) is 0 Å². The van der Waals surface area contributed by atoms with Gasteiger partial charge in [0, 0.05) is 18.7 Å². The Morgan fingerprint density at radius 1 is 0.816 bits per heavy atom. The number of aryl methyl sites for hydroxylation is 4. The van der Waals surface area contributed by atoms with Crippen molar-refractivity contribution in [1.29, 1.82) is 0 Å². The lowest BCUT2D eigenvalue weighted by Gasteiger charge is -2.31. The van der Waals surface area contributed by atoms with Crippen LogP contribution in [0.25, 0.3) is 0 Å². The van der Waals surface area contributed by atoms with E-state index in [4.69, 9.17) is 35.4 Å². The average molecular weight is 638 g/mol. The summed E-state index contributed by atoms with van der Waals surface area (Å²) in [6.07, 6.45) is 2.15. The predicted molar refractivity (Wildman–Crippen MR) is 165 cm³/mol. The lowest BCUT2D eigenvalue weighted by atomic mass is 10.1. The molecule has 0 aromatic heterocycles. The van der Waals surface area contributed by atoms with E-state index in [2.05, 4.69) is 88.4 Å². The fourth-order valence-corrected chi connectivity index (χ4v) is 5.76. The monoisotopic (exact) mass is 635 g/mol. The van der Waals surface area contributed by atoms with Crippen molar-refractivity contribution in [3.05, 3.63) is 98.0 Å². The van der Waals surface area contributed by atoms with Crippen LogP contribution in [-0.4, -0.2) is 41.7 Å². The molecule has 0 saturated carbocycles. The van der Waals surface area contributed by atoms with Crippen LogP contribution in [0.2, 0.25) is 10.0 Å². The van der Waals surface area contributed by atoms with E-state index in [0.717, 1.165) is 43.5 Å². The first kappa shape index (κ1) is 32.6. The molecule has 3 rings (SSSR count). The minimum Gasteiger partial charge on any atom is -1.00 e. The number of benzene rings is 3. The Hall–Kier alpha value is -1.63. The second-order valence-electron chi connectivity index (χ2n) is 11.0. The fourth-order valence-electron chi connectivity index (χ4n) is 5.01. The van der Waals surface area contributed by atoms with Crippen LogP contribution >= 0.6 is 35.4 Å². The van der Waals surface area contributed by atoms with Gasteiger partial charge in [-0.25, -0.2) is 0 Å². The van der Waals surface area contributed by atoms with Crippen molar-refractivity contribution in [3.63, 3.8) is 0 Å². The second-order valence-corrected chi connectivity index (χ2v) is 12.2. The van der Waals surface area contributed by atoms with Gasteiger partial charge >= 0.3 is 0 Å². The highest BCUT2D eigenvalue weighted by Crippen LogP contribution is 2.30. The van der Waals surface area contributed by atoms with Crippen molar-refractivity contribution in [2.45, 2.75) is 53.6 Å². The molecule has 3 aromatic rings. The molecular weight excluding hydrogens is 597 g/mol. The first-order valence-electron chi connectivity index (χ1n) is 12.9. The molecule has 1 N–H and O–H groups in total. The Labute approximate surface area is 255 Å². The average Bonchev–Trinajstić information content (AvgIpc) is 2.76. The van der Waals surface area contributed by atoms with Crippen LogP contribution in [0.5, 0.6) is 0 Å². The molecule has 206 valence electrons.